The number of benzene rings is 1. The summed E-state index contributed by atoms with van der Waals surface area (Å²) in [5.41, 5.74) is 3.05. The van der Waals surface area contributed by atoms with Crippen LogP contribution in [0.3, 0.4) is 0 Å². The fraction of sp³-hybridized carbons (Fsp3) is 0.312. The van der Waals surface area contributed by atoms with Crippen molar-refractivity contribution in [3.05, 3.63) is 52.3 Å². The van der Waals surface area contributed by atoms with Gasteiger partial charge < -0.3 is 5.32 Å². The lowest BCUT2D eigenvalue weighted by atomic mass is 10.1. The Morgan fingerprint density at radius 3 is 2.82 bits per heavy atom. The Morgan fingerprint density at radius 2 is 2.05 bits per heavy atom. The lowest BCUT2D eigenvalue weighted by Crippen LogP contribution is -2.24. The van der Waals surface area contributed by atoms with Gasteiger partial charge in [0.2, 0.25) is 10.9 Å². The van der Waals surface area contributed by atoms with Gasteiger partial charge in [-0.05, 0) is 25.8 Å². The van der Waals surface area contributed by atoms with Crippen LogP contribution < -0.4 is 5.32 Å². The summed E-state index contributed by atoms with van der Waals surface area (Å²) in [5, 5.41) is 8.36. The zero-order valence-corrected chi connectivity index (χ0v) is 13.5. The summed E-state index contributed by atoms with van der Waals surface area (Å²) >= 11 is 1.56. The average molecular weight is 314 g/mol. The van der Waals surface area contributed by atoms with Gasteiger partial charge in [0.25, 0.3) is 0 Å². The molecule has 0 unspecified atom stereocenters. The molecule has 0 aliphatic rings. The molecule has 3 rings (SSSR count). The van der Waals surface area contributed by atoms with E-state index in [0.717, 1.165) is 27.8 Å². The van der Waals surface area contributed by atoms with Crippen molar-refractivity contribution < 1.29 is 4.79 Å². The van der Waals surface area contributed by atoms with Gasteiger partial charge in [0.15, 0.2) is 0 Å². The van der Waals surface area contributed by atoms with Gasteiger partial charge >= 0.3 is 0 Å². The van der Waals surface area contributed by atoms with Crippen LogP contribution in [0.5, 0.6) is 0 Å². The number of fused-ring (bicyclic) bond motifs is 1. The van der Waals surface area contributed by atoms with Gasteiger partial charge in [0.1, 0.15) is 5.01 Å². The Balaban J connectivity index is 1.59. The molecule has 2 aromatic heterocycles. The fourth-order valence-electron chi connectivity index (χ4n) is 2.36. The number of imidazole rings is 1. The zero-order chi connectivity index (χ0) is 15.5. The van der Waals surface area contributed by atoms with Crippen LogP contribution in [0.15, 0.2) is 30.3 Å². The molecule has 5 nitrogen and oxygen atoms in total. The molecule has 0 aliphatic heterocycles. The number of hydrogen-bond acceptors (Lipinski definition) is 4. The number of aromatic nitrogens is 3. The molecular weight excluding hydrogens is 296 g/mol. The predicted molar refractivity (Wildman–Crippen MR) is 86.9 cm³/mol. The highest BCUT2D eigenvalue weighted by Gasteiger charge is 2.13. The molecule has 0 aliphatic carbocycles. The van der Waals surface area contributed by atoms with Gasteiger partial charge in [-0.1, -0.05) is 41.7 Å². The molecule has 0 spiro atoms. The van der Waals surface area contributed by atoms with Crippen LogP contribution in [-0.2, 0) is 17.8 Å². The summed E-state index contributed by atoms with van der Waals surface area (Å²) < 4.78 is 1.83. The smallest absolute Gasteiger partial charge is 0.220 e. The van der Waals surface area contributed by atoms with Crippen LogP contribution in [0.25, 0.3) is 4.96 Å². The van der Waals surface area contributed by atoms with E-state index in [-0.39, 0.29) is 5.91 Å². The predicted octanol–water partition coefficient (Wildman–Crippen LogP) is 2.66. The highest BCUT2D eigenvalue weighted by molar-refractivity contribution is 7.16. The topological polar surface area (TPSA) is 59.3 Å². The lowest BCUT2D eigenvalue weighted by molar-refractivity contribution is -0.121. The molecule has 0 saturated heterocycles. The van der Waals surface area contributed by atoms with Crippen LogP contribution in [0, 0.1) is 13.8 Å². The Labute approximate surface area is 133 Å². The minimum absolute atomic E-state index is 0.0464. The molecule has 3 aromatic rings. The maximum Gasteiger partial charge on any atom is 0.220 e. The van der Waals surface area contributed by atoms with E-state index < -0.39 is 0 Å². The Morgan fingerprint density at radius 1 is 1.27 bits per heavy atom. The summed E-state index contributed by atoms with van der Waals surface area (Å²) in [7, 11) is 0. The third-order valence-electron chi connectivity index (χ3n) is 3.53. The molecule has 1 aromatic carbocycles. The molecule has 114 valence electrons. The first kappa shape index (κ1) is 14.7. The number of nitrogens with zero attached hydrogens (tertiary/aromatic N) is 3. The number of amides is 1. The van der Waals surface area contributed by atoms with Gasteiger partial charge in [-0.15, -0.1) is 0 Å². The molecule has 2 heterocycles. The van der Waals surface area contributed by atoms with Crippen molar-refractivity contribution in [2.75, 3.05) is 0 Å². The van der Waals surface area contributed by atoms with Crippen LogP contribution in [-0.4, -0.2) is 20.5 Å². The van der Waals surface area contributed by atoms with Crippen molar-refractivity contribution in [2.45, 2.75) is 33.2 Å². The summed E-state index contributed by atoms with van der Waals surface area (Å²) in [5.74, 6) is 0.0464. The third-order valence-corrected chi connectivity index (χ3v) is 4.36. The number of rotatable bonds is 5. The van der Waals surface area contributed by atoms with Crippen molar-refractivity contribution in [2.24, 2.45) is 0 Å². The average Bonchev–Trinajstić information content (AvgIpc) is 2.99. The van der Waals surface area contributed by atoms with E-state index in [1.165, 1.54) is 5.56 Å². The van der Waals surface area contributed by atoms with E-state index in [4.69, 9.17) is 0 Å². The van der Waals surface area contributed by atoms with E-state index in [0.29, 0.717) is 13.0 Å². The molecule has 0 saturated carbocycles. The monoisotopic (exact) mass is 314 g/mol. The number of aryl methyl sites for hydroxylation is 3. The molecule has 1 amide bonds. The summed E-state index contributed by atoms with van der Waals surface area (Å²) in [6.45, 7) is 4.36. The van der Waals surface area contributed by atoms with Crippen molar-refractivity contribution >= 4 is 22.2 Å². The second-order valence-electron chi connectivity index (χ2n) is 5.22. The Bertz CT molecular complexity index is 791. The standard InChI is InChI=1S/C16H18N4OS/c1-11-14(20-16(18-11)22-12(2)19-20)10-17-15(21)9-8-13-6-4-3-5-7-13/h3-7H,8-10H2,1-2H3,(H,17,21). The molecule has 0 fully saturated rings. The lowest BCUT2D eigenvalue weighted by Gasteiger charge is -2.05. The molecule has 0 radical (unpaired) electrons. The van der Waals surface area contributed by atoms with Crippen molar-refractivity contribution in [3.63, 3.8) is 0 Å². The molecule has 0 bridgehead atoms. The highest BCUT2D eigenvalue weighted by atomic mass is 32.1. The maximum atomic E-state index is 12.0. The minimum Gasteiger partial charge on any atom is -0.350 e. The largest absolute Gasteiger partial charge is 0.350 e. The first-order valence-corrected chi connectivity index (χ1v) is 8.07. The molecular formula is C16H18N4OS. The maximum absolute atomic E-state index is 12.0. The summed E-state index contributed by atoms with van der Waals surface area (Å²) in [4.78, 5) is 17.4. The van der Waals surface area contributed by atoms with E-state index >= 15 is 0 Å². The molecule has 22 heavy (non-hydrogen) atoms. The first-order valence-electron chi connectivity index (χ1n) is 7.26. The van der Waals surface area contributed by atoms with Crippen LogP contribution >= 0.6 is 11.3 Å². The van der Waals surface area contributed by atoms with Crippen LogP contribution in [0.2, 0.25) is 0 Å². The molecule has 6 heteroatoms. The van der Waals surface area contributed by atoms with Gasteiger partial charge in [-0.3, -0.25) is 4.79 Å². The number of nitrogens with one attached hydrogen (secondary N) is 1. The zero-order valence-electron chi connectivity index (χ0n) is 12.7. The van der Waals surface area contributed by atoms with Crippen molar-refractivity contribution in [1.29, 1.82) is 0 Å². The normalized spacial score (nSPS) is 11.0. The second kappa shape index (κ2) is 6.27. The molecule has 1 N–H and O–H groups in total. The van der Waals surface area contributed by atoms with E-state index in [1.807, 2.05) is 48.7 Å². The van der Waals surface area contributed by atoms with E-state index in [9.17, 15) is 4.79 Å². The fourth-order valence-corrected chi connectivity index (χ4v) is 3.17. The van der Waals surface area contributed by atoms with Crippen molar-refractivity contribution in [1.82, 2.24) is 19.9 Å². The van der Waals surface area contributed by atoms with Gasteiger partial charge in [0, 0.05) is 6.42 Å². The number of hydrogen-bond donors (Lipinski definition) is 1. The Hall–Kier alpha value is -2.21. The SMILES string of the molecule is Cc1nn2c(CNC(=O)CCc3ccccc3)c(C)nc2s1. The quantitative estimate of drug-likeness (QED) is 0.787. The van der Waals surface area contributed by atoms with E-state index in [2.05, 4.69) is 15.4 Å². The van der Waals surface area contributed by atoms with Gasteiger partial charge in [-0.25, -0.2) is 9.50 Å². The van der Waals surface area contributed by atoms with Crippen LogP contribution in [0.4, 0.5) is 0 Å². The minimum atomic E-state index is 0.0464. The summed E-state index contributed by atoms with van der Waals surface area (Å²) in [6, 6.07) is 10.0. The van der Waals surface area contributed by atoms with Gasteiger partial charge in [0.05, 0.1) is 17.9 Å². The third kappa shape index (κ3) is 3.17. The Kier molecular flexibility index (Phi) is 4.20. The van der Waals surface area contributed by atoms with Crippen LogP contribution in [0.1, 0.15) is 28.4 Å². The molecule has 0 atom stereocenters. The summed E-state index contributed by atoms with van der Waals surface area (Å²) in [6.07, 6.45) is 1.24. The highest BCUT2D eigenvalue weighted by Crippen LogP contribution is 2.17. The van der Waals surface area contributed by atoms with Gasteiger partial charge in [-0.2, -0.15) is 5.10 Å². The van der Waals surface area contributed by atoms with Crippen molar-refractivity contribution in [3.8, 4) is 0 Å². The number of carbonyl (C=O) groups excluding carboxylic acids is 1. The second-order valence-corrected chi connectivity index (χ2v) is 6.38. The van der Waals surface area contributed by atoms with E-state index in [1.54, 1.807) is 11.3 Å². The number of carbonyl (C=O) groups is 1. The first-order chi connectivity index (χ1) is 10.6.